The first-order chi connectivity index (χ1) is 22.6. The molecular weight excluding hydrogens is 558 g/mol. The predicted octanol–water partition coefficient (Wildman–Crippen LogP) is 11.8. The quantitative estimate of drug-likeness (QED) is 0.197. The number of aromatic nitrogens is 1. The van der Waals surface area contributed by atoms with Crippen LogP contribution < -0.4 is 0 Å². The molecule has 0 N–H and O–H groups in total. The Bertz CT molecular complexity index is 2780. The van der Waals surface area contributed by atoms with E-state index in [9.17, 15) is 0 Å². The minimum Gasteiger partial charge on any atom is -0.456 e. The van der Waals surface area contributed by atoms with Crippen molar-refractivity contribution >= 4 is 54.5 Å². The molecule has 2 heterocycles. The summed E-state index contributed by atoms with van der Waals surface area (Å²) in [6.07, 6.45) is 0. The molecule has 0 saturated heterocycles. The Morgan fingerprint density at radius 3 is 2.04 bits per heavy atom. The lowest BCUT2D eigenvalue weighted by atomic mass is 9.81. The van der Waals surface area contributed by atoms with Crippen LogP contribution in [0.25, 0.3) is 87.9 Å². The van der Waals surface area contributed by atoms with Crippen LogP contribution in [0.3, 0.4) is 0 Å². The van der Waals surface area contributed by atoms with Crippen molar-refractivity contribution in [2.24, 2.45) is 0 Å². The van der Waals surface area contributed by atoms with Gasteiger partial charge in [-0.05, 0) is 67.4 Å². The van der Waals surface area contributed by atoms with Crippen LogP contribution in [-0.2, 0) is 12.0 Å². The SMILES string of the molecule is CC1(C)c2ccccc2-c2c1c1oc3ccccc3c1c1c2c2ccccc2n1Cc1ccc2c3c(cccc13)-c1ccccc1-2. The van der Waals surface area contributed by atoms with Crippen molar-refractivity contribution in [2.45, 2.75) is 25.8 Å². The summed E-state index contributed by atoms with van der Waals surface area (Å²) in [6.45, 7) is 5.49. The molecule has 0 aliphatic heterocycles. The molecule has 0 amide bonds. The largest absolute Gasteiger partial charge is 0.456 e. The van der Waals surface area contributed by atoms with Gasteiger partial charge in [0.25, 0.3) is 0 Å². The molecule has 0 bridgehead atoms. The van der Waals surface area contributed by atoms with E-state index in [0.717, 1.165) is 17.7 Å². The minimum atomic E-state index is -0.192. The van der Waals surface area contributed by atoms with Crippen LogP contribution >= 0.6 is 0 Å². The van der Waals surface area contributed by atoms with Crippen molar-refractivity contribution in [3.8, 4) is 33.4 Å². The van der Waals surface area contributed by atoms with E-state index in [1.54, 1.807) is 0 Å². The Balaban J connectivity index is 1.30. The van der Waals surface area contributed by atoms with Crippen molar-refractivity contribution in [3.63, 3.8) is 0 Å². The van der Waals surface area contributed by atoms with Crippen LogP contribution in [-0.4, -0.2) is 4.57 Å². The van der Waals surface area contributed by atoms with E-state index >= 15 is 0 Å². The predicted molar refractivity (Wildman–Crippen MR) is 192 cm³/mol. The molecule has 0 spiro atoms. The van der Waals surface area contributed by atoms with Crippen molar-refractivity contribution < 1.29 is 4.42 Å². The zero-order valence-corrected chi connectivity index (χ0v) is 25.7. The van der Waals surface area contributed by atoms with Crippen LogP contribution in [0.5, 0.6) is 0 Å². The lowest BCUT2D eigenvalue weighted by Crippen LogP contribution is -2.15. The second-order valence-corrected chi connectivity index (χ2v) is 13.6. The van der Waals surface area contributed by atoms with Crippen LogP contribution in [0.15, 0.2) is 132 Å². The molecular formula is C44H29NO. The Labute approximate surface area is 266 Å². The summed E-state index contributed by atoms with van der Waals surface area (Å²) in [5.74, 6) is 0. The van der Waals surface area contributed by atoms with E-state index in [1.165, 1.54) is 93.4 Å². The second-order valence-electron chi connectivity index (χ2n) is 13.6. The van der Waals surface area contributed by atoms with Gasteiger partial charge in [-0.25, -0.2) is 0 Å². The molecule has 0 radical (unpaired) electrons. The van der Waals surface area contributed by atoms with Crippen LogP contribution in [0.1, 0.15) is 30.5 Å². The van der Waals surface area contributed by atoms with Gasteiger partial charge in [0.05, 0.1) is 10.9 Å². The van der Waals surface area contributed by atoms with E-state index in [4.69, 9.17) is 4.42 Å². The van der Waals surface area contributed by atoms with Crippen molar-refractivity contribution in [3.05, 3.63) is 144 Å². The maximum Gasteiger partial charge on any atom is 0.142 e. The number of para-hydroxylation sites is 2. The molecule has 46 heavy (non-hydrogen) atoms. The van der Waals surface area contributed by atoms with Crippen molar-refractivity contribution in [2.75, 3.05) is 0 Å². The summed E-state index contributed by atoms with van der Waals surface area (Å²) in [5, 5.41) is 7.74. The highest BCUT2D eigenvalue weighted by atomic mass is 16.3. The number of rotatable bonds is 2. The summed E-state index contributed by atoms with van der Waals surface area (Å²) in [4.78, 5) is 0. The zero-order chi connectivity index (χ0) is 30.3. The molecule has 2 heteroatoms. The third-order valence-corrected chi connectivity index (χ3v) is 11.0. The fraction of sp³-hybridized carbons (Fsp3) is 0.0909. The molecule has 0 saturated carbocycles. The van der Waals surface area contributed by atoms with Gasteiger partial charge in [-0.15, -0.1) is 0 Å². The third kappa shape index (κ3) is 2.85. The number of nitrogens with zero attached hydrogens (tertiary/aromatic N) is 1. The Kier molecular flexibility index (Phi) is 4.48. The van der Waals surface area contributed by atoms with Gasteiger partial charge >= 0.3 is 0 Å². The number of furan rings is 1. The third-order valence-electron chi connectivity index (χ3n) is 11.0. The van der Waals surface area contributed by atoms with Gasteiger partial charge in [-0.1, -0.05) is 129 Å². The maximum absolute atomic E-state index is 6.90. The topological polar surface area (TPSA) is 18.1 Å². The summed E-state index contributed by atoms with van der Waals surface area (Å²) < 4.78 is 9.48. The maximum atomic E-state index is 6.90. The van der Waals surface area contributed by atoms with Gasteiger partial charge in [0, 0.05) is 39.2 Å². The van der Waals surface area contributed by atoms with Gasteiger partial charge in [-0.2, -0.15) is 0 Å². The van der Waals surface area contributed by atoms with Crippen molar-refractivity contribution in [1.82, 2.24) is 4.57 Å². The first-order valence-corrected chi connectivity index (χ1v) is 16.2. The Hall–Kier alpha value is -5.60. The van der Waals surface area contributed by atoms with Gasteiger partial charge in [0.15, 0.2) is 0 Å². The molecule has 0 unspecified atom stereocenters. The molecule has 216 valence electrons. The lowest BCUT2D eigenvalue weighted by molar-refractivity contribution is 0.620. The summed E-state index contributed by atoms with van der Waals surface area (Å²) in [7, 11) is 0. The molecule has 0 fully saturated rings. The molecule has 9 aromatic rings. The van der Waals surface area contributed by atoms with Gasteiger partial charge < -0.3 is 8.98 Å². The fourth-order valence-corrected chi connectivity index (χ4v) is 9.10. The Morgan fingerprint density at radius 2 is 1.20 bits per heavy atom. The highest BCUT2D eigenvalue weighted by Crippen LogP contribution is 2.57. The van der Waals surface area contributed by atoms with Gasteiger partial charge in [0.2, 0.25) is 0 Å². The lowest BCUT2D eigenvalue weighted by Gasteiger charge is -2.22. The number of hydrogen-bond donors (Lipinski definition) is 0. The highest BCUT2D eigenvalue weighted by molar-refractivity contribution is 6.30. The van der Waals surface area contributed by atoms with E-state index < -0.39 is 0 Å². The average Bonchev–Trinajstić information content (AvgIpc) is 3.79. The summed E-state index contributed by atoms with van der Waals surface area (Å²) in [6, 6.07) is 46.9. The first kappa shape index (κ1) is 24.7. The monoisotopic (exact) mass is 587 g/mol. The molecule has 2 aromatic heterocycles. The second kappa shape index (κ2) is 8.35. The van der Waals surface area contributed by atoms with E-state index in [-0.39, 0.29) is 5.41 Å². The Morgan fingerprint density at radius 1 is 0.543 bits per heavy atom. The molecule has 2 aliphatic carbocycles. The molecule has 11 rings (SSSR count). The average molecular weight is 588 g/mol. The number of fused-ring (bicyclic) bond motifs is 15. The standard InChI is InChI=1S/C44H29NO/c1-44(2)34-19-8-5-14-31(34)38-39-32-15-6-9-20-35(32)45(42(39)40-33-16-7-10-21-36(33)46-43(40)41(38)44)24-25-22-23-30-28-13-4-3-12-27(28)29-18-11-17-26(25)37(29)30/h3-23H,24H2,1-2H3. The van der Waals surface area contributed by atoms with Crippen LogP contribution in [0.4, 0.5) is 0 Å². The molecule has 0 atom stereocenters. The number of benzene rings is 7. The fourth-order valence-electron chi connectivity index (χ4n) is 9.10. The van der Waals surface area contributed by atoms with Crippen LogP contribution in [0.2, 0.25) is 0 Å². The summed E-state index contributed by atoms with van der Waals surface area (Å²) in [5.41, 5.74) is 16.3. The normalized spacial score (nSPS) is 14.1. The highest BCUT2D eigenvalue weighted by Gasteiger charge is 2.41. The molecule has 7 aromatic carbocycles. The molecule has 2 aliphatic rings. The van der Waals surface area contributed by atoms with Crippen molar-refractivity contribution in [1.29, 1.82) is 0 Å². The smallest absolute Gasteiger partial charge is 0.142 e. The van der Waals surface area contributed by atoms with Crippen LogP contribution in [0, 0.1) is 0 Å². The minimum absolute atomic E-state index is 0.192. The zero-order valence-electron chi connectivity index (χ0n) is 25.7. The van der Waals surface area contributed by atoms with E-state index in [2.05, 4.69) is 146 Å². The van der Waals surface area contributed by atoms with Gasteiger partial charge in [-0.3, -0.25) is 0 Å². The summed E-state index contributed by atoms with van der Waals surface area (Å²) >= 11 is 0. The number of hydrogen-bond acceptors (Lipinski definition) is 1. The van der Waals surface area contributed by atoms with E-state index in [1.807, 2.05) is 0 Å². The van der Waals surface area contributed by atoms with Gasteiger partial charge in [0.1, 0.15) is 11.2 Å². The molecule has 2 nitrogen and oxygen atoms in total. The first-order valence-electron chi connectivity index (χ1n) is 16.2. The van der Waals surface area contributed by atoms with E-state index in [0.29, 0.717) is 0 Å².